The number of nitrogens with zero attached hydrogens (tertiary/aromatic N) is 3. The summed E-state index contributed by atoms with van der Waals surface area (Å²) in [7, 11) is 1.73. The van der Waals surface area contributed by atoms with Crippen LogP contribution in [0, 0.1) is 40.4 Å². The monoisotopic (exact) mass is 527 g/mol. The van der Waals surface area contributed by atoms with E-state index in [2.05, 4.69) is 24.0 Å². The molecule has 0 saturated heterocycles. The number of aromatic nitrogens is 3. The Hall–Kier alpha value is -1.50. The summed E-state index contributed by atoms with van der Waals surface area (Å²) in [6.45, 7) is 5.83. The number of fused-ring (bicyclic) bond motifs is 6. The van der Waals surface area contributed by atoms with Gasteiger partial charge >= 0.3 is 0 Å². The fraction of sp³-hybridized carbons (Fsp3) is 0.767. The number of rotatable bonds is 6. The van der Waals surface area contributed by atoms with E-state index in [-0.39, 0.29) is 23.7 Å². The summed E-state index contributed by atoms with van der Waals surface area (Å²) < 4.78 is 5.30. The first-order valence-electron chi connectivity index (χ1n) is 14.4. The average molecular weight is 528 g/mol. The molecule has 6 rings (SSSR count). The SMILES string of the molecule is COCC[C@@]1(O)CC[C@@]2(C)[C@@H](CC[C@@H]3[C@@H]2CC[C@]2(C)[C@@H](C(=O)Cn4nc5ccc(Cl)cc5n4)CC[C@@H]32)C1. The van der Waals surface area contributed by atoms with Gasteiger partial charge in [-0.05, 0) is 117 Å². The van der Waals surface area contributed by atoms with E-state index in [1.165, 1.54) is 19.3 Å². The molecule has 7 heteroatoms. The quantitative estimate of drug-likeness (QED) is 0.492. The molecule has 0 unspecified atom stereocenters. The Bertz CT molecular complexity index is 1180. The van der Waals surface area contributed by atoms with Crippen LogP contribution in [0.25, 0.3) is 11.0 Å². The molecule has 4 saturated carbocycles. The summed E-state index contributed by atoms with van der Waals surface area (Å²) in [6.07, 6.45) is 10.7. The molecule has 6 nitrogen and oxygen atoms in total. The zero-order chi connectivity index (χ0) is 26.0. The third kappa shape index (κ3) is 4.26. The molecule has 1 aromatic carbocycles. The van der Waals surface area contributed by atoms with Gasteiger partial charge in [-0.1, -0.05) is 25.4 Å². The molecule has 0 aliphatic heterocycles. The summed E-state index contributed by atoms with van der Waals surface area (Å²) >= 11 is 6.11. The largest absolute Gasteiger partial charge is 0.390 e. The van der Waals surface area contributed by atoms with Crippen LogP contribution in [0.15, 0.2) is 18.2 Å². The number of hydrogen-bond donors (Lipinski definition) is 1. The van der Waals surface area contributed by atoms with Crippen LogP contribution in [0.1, 0.15) is 78.1 Å². The van der Waals surface area contributed by atoms with Crippen molar-refractivity contribution in [3.63, 3.8) is 0 Å². The van der Waals surface area contributed by atoms with E-state index in [4.69, 9.17) is 16.3 Å². The van der Waals surface area contributed by atoms with Crippen molar-refractivity contribution in [2.24, 2.45) is 40.4 Å². The number of ether oxygens (including phenoxy) is 1. The van der Waals surface area contributed by atoms with E-state index in [9.17, 15) is 9.90 Å². The fourth-order valence-corrected chi connectivity index (χ4v) is 9.79. The van der Waals surface area contributed by atoms with Gasteiger partial charge in [0.15, 0.2) is 5.78 Å². The van der Waals surface area contributed by atoms with Crippen molar-refractivity contribution in [3.8, 4) is 0 Å². The maximum absolute atomic E-state index is 13.7. The number of halogens is 1. The van der Waals surface area contributed by atoms with E-state index in [0.29, 0.717) is 40.7 Å². The van der Waals surface area contributed by atoms with Crippen LogP contribution >= 0.6 is 11.6 Å². The Balaban J connectivity index is 1.17. The summed E-state index contributed by atoms with van der Waals surface area (Å²) in [4.78, 5) is 15.2. The Morgan fingerprint density at radius 1 is 1.05 bits per heavy atom. The van der Waals surface area contributed by atoms with Crippen LogP contribution in [0.2, 0.25) is 5.02 Å². The highest BCUT2D eigenvalue weighted by molar-refractivity contribution is 6.31. The molecule has 2 aromatic rings. The van der Waals surface area contributed by atoms with E-state index in [0.717, 1.165) is 56.0 Å². The van der Waals surface area contributed by atoms with Crippen LogP contribution < -0.4 is 0 Å². The van der Waals surface area contributed by atoms with E-state index >= 15 is 0 Å². The van der Waals surface area contributed by atoms with Gasteiger partial charge in [0, 0.05) is 24.7 Å². The predicted octanol–water partition coefficient (Wildman–Crippen LogP) is 6.08. The van der Waals surface area contributed by atoms with E-state index in [1.54, 1.807) is 18.0 Å². The van der Waals surface area contributed by atoms with Crippen molar-refractivity contribution >= 4 is 28.4 Å². The normalized spacial score (nSPS) is 41.3. The first kappa shape index (κ1) is 25.8. The van der Waals surface area contributed by atoms with Gasteiger partial charge < -0.3 is 9.84 Å². The number of benzene rings is 1. The molecule has 0 amide bonds. The second-order valence-corrected chi connectivity index (χ2v) is 13.8. The van der Waals surface area contributed by atoms with Crippen LogP contribution in [-0.4, -0.2) is 45.2 Å². The number of carbonyl (C=O) groups is 1. The molecule has 0 bridgehead atoms. The van der Waals surface area contributed by atoms with Crippen molar-refractivity contribution < 1.29 is 14.6 Å². The number of ketones is 1. The highest BCUT2D eigenvalue weighted by Gasteiger charge is 2.62. The maximum atomic E-state index is 13.7. The number of aliphatic hydroxyl groups is 1. The van der Waals surface area contributed by atoms with Gasteiger partial charge in [0.25, 0.3) is 0 Å². The lowest BCUT2D eigenvalue weighted by atomic mass is 9.43. The first-order chi connectivity index (χ1) is 17.6. The molecule has 202 valence electrons. The Kier molecular flexibility index (Phi) is 6.48. The highest BCUT2D eigenvalue weighted by Crippen LogP contribution is 2.68. The van der Waals surface area contributed by atoms with Crippen molar-refractivity contribution in [2.45, 2.75) is 90.2 Å². The molecule has 4 aliphatic carbocycles. The number of methoxy groups -OCH3 is 1. The van der Waals surface area contributed by atoms with Crippen LogP contribution in [0.5, 0.6) is 0 Å². The topological polar surface area (TPSA) is 77.2 Å². The van der Waals surface area contributed by atoms with Gasteiger partial charge in [-0.2, -0.15) is 15.0 Å². The molecular formula is C30H42ClN3O3. The van der Waals surface area contributed by atoms with Gasteiger partial charge in [-0.15, -0.1) is 0 Å². The lowest BCUT2D eigenvalue weighted by Crippen LogP contribution is -2.56. The fourth-order valence-electron chi connectivity index (χ4n) is 9.62. The zero-order valence-electron chi connectivity index (χ0n) is 22.6. The summed E-state index contributed by atoms with van der Waals surface area (Å²) in [5.74, 6) is 3.02. The maximum Gasteiger partial charge on any atom is 0.159 e. The minimum atomic E-state index is -0.558. The molecule has 8 atom stereocenters. The summed E-state index contributed by atoms with van der Waals surface area (Å²) in [6, 6.07) is 5.48. The number of carbonyl (C=O) groups excluding carboxylic acids is 1. The molecule has 0 spiro atoms. The van der Waals surface area contributed by atoms with Gasteiger partial charge in [0.2, 0.25) is 0 Å². The van der Waals surface area contributed by atoms with Gasteiger partial charge in [0.05, 0.1) is 5.60 Å². The molecular weight excluding hydrogens is 486 g/mol. The Labute approximate surface area is 225 Å². The average Bonchev–Trinajstić information content (AvgIpc) is 3.42. The molecule has 37 heavy (non-hydrogen) atoms. The zero-order valence-corrected chi connectivity index (χ0v) is 23.3. The predicted molar refractivity (Wildman–Crippen MR) is 144 cm³/mol. The summed E-state index contributed by atoms with van der Waals surface area (Å²) in [5, 5.41) is 21.0. The molecule has 1 heterocycles. The van der Waals surface area contributed by atoms with E-state index < -0.39 is 5.60 Å². The van der Waals surface area contributed by atoms with Gasteiger partial charge in [0.1, 0.15) is 17.6 Å². The lowest BCUT2D eigenvalue weighted by Gasteiger charge is -2.62. The van der Waals surface area contributed by atoms with Crippen molar-refractivity contribution in [2.75, 3.05) is 13.7 Å². The smallest absolute Gasteiger partial charge is 0.159 e. The standard InChI is InChI=1S/C30H42ClN3O3/c1-28-12-13-30(36,14-15-37-3)17-19(28)4-6-21-22-7-8-24(29(22,2)11-10-23(21)28)27(35)18-34-32-25-9-5-20(31)16-26(25)33-34/h5,9,16,19,21-24,36H,4,6-8,10-15,17-18H2,1-3H3/t19-,21-,22-,23-,24+,28-,29-,30-/m0/s1. The molecule has 4 aliphatic rings. The Morgan fingerprint density at radius 2 is 1.84 bits per heavy atom. The van der Waals surface area contributed by atoms with Crippen LogP contribution in [0.3, 0.4) is 0 Å². The second-order valence-electron chi connectivity index (χ2n) is 13.3. The minimum Gasteiger partial charge on any atom is -0.390 e. The molecule has 4 fully saturated rings. The molecule has 1 N–H and O–H groups in total. The third-order valence-corrected chi connectivity index (χ3v) is 11.9. The van der Waals surface area contributed by atoms with Gasteiger partial charge in [-0.25, -0.2) is 0 Å². The van der Waals surface area contributed by atoms with Crippen molar-refractivity contribution in [1.82, 2.24) is 15.0 Å². The van der Waals surface area contributed by atoms with Gasteiger partial charge in [-0.3, -0.25) is 4.79 Å². The van der Waals surface area contributed by atoms with Crippen LogP contribution in [0.4, 0.5) is 0 Å². The first-order valence-corrected chi connectivity index (χ1v) is 14.8. The minimum absolute atomic E-state index is 0.0746. The third-order valence-electron chi connectivity index (χ3n) is 11.7. The molecule has 1 aromatic heterocycles. The summed E-state index contributed by atoms with van der Waals surface area (Å²) in [5.41, 5.74) is 1.34. The Morgan fingerprint density at radius 3 is 2.65 bits per heavy atom. The number of hydrogen-bond acceptors (Lipinski definition) is 5. The molecule has 0 radical (unpaired) electrons. The van der Waals surface area contributed by atoms with Crippen molar-refractivity contribution in [3.05, 3.63) is 23.2 Å². The van der Waals surface area contributed by atoms with Crippen molar-refractivity contribution in [1.29, 1.82) is 0 Å². The second kappa shape index (κ2) is 9.31. The number of Topliss-reactive ketones (excluding diaryl/α,β-unsaturated/α-hetero) is 1. The highest BCUT2D eigenvalue weighted by atomic mass is 35.5. The van der Waals surface area contributed by atoms with E-state index in [1.807, 2.05) is 12.1 Å². The van der Waals surface area contributed by atoms with Crippen LogP contribution in [-0.2, 0) is 16.1 Å². The lowest BCUT2D eigenvalue weighted by molar-refractivity contribution is -0.157.